The summed E-state index contributed by atoms with van der Waals surface area (Å²) in [5.74, 6) is -1.41. The zero-order valence-electron chi connectivity index (χ0n) is 13.1. The molecule has 0 unspecified atom stereocenters. The molecule has 7 nitrogen and oxygen atoms in total. The summed E-state index contributed by atoms with van der Waals surface area (Å²) in [7, 11) is 0. The first-order valence-electron chi connectivity index (χ1n) is 7.19. The third-order valence-electron chi connectivity index (χ3n) is 3.00. The minimum Gasteiger partial charge on any atom is -0.452 e. The number of carbonyl (C=O) groups excluding carboxylic acids is 3. The minimum atomic E-state index is -0.626. The number of nitrogens with zero attached hydrogens (tertiary/aromatic N) is 1. The van der Waals surface area contributed by atoms with Crippen molar-refractivity contribution in [3.63, 3.8) is 0 Å². The SMILES string of the molecule is CC[C@@H](C)NC(=O)COC(=O)c1ccc(NC(=O)CC#N)cc1. The Kier molecular flexibility index (Phi) is 7.27. The summed E-state index contributed by atoms with van der Waals surface area (Å²) < 4.78 is 4.91. The predicted molar refractivity (Wildman–Crippen MR) is 83.5 cm³/mol. The summed E-state index contributed by atoms with van der Waals surface area (Å²) >= 11 is 0. The van der Waals surface area contributed by atoms with E-state index in [1.54, 1.807) is 6.07 Å². The van der Waals surface area contributed by atoms with Crippen LogP contribution in [-0.2, 0) is 14.3 Å². The van der Waals surface area contributed by atoms with Gasteiger partial charge in [-0.25, -0.2) is 4.79 Å². The van der Waals surface area contributed by atoms with Crippen LogP contribution in [-0.4, -0.2) is 30.4 Å². The first kappa shape index (κ1) is 18.2. The lowest BCUT2D eigenvalue weighted by molar-refractivity contribution is -0.124. The topological polar surface area (TPSA) is 108 Å². The molecule has 0 spiro atoms. The molecule has 2 amide bonds. The van der Waals surface area contributed by atoms with Crippen LogP contribution in [0, 0.1) is 11.3 Å². The number of ether oxygens (including phenoxy) is 1. The number of nitrogens with one attached hydrogen (secondary N) is 2. The molecule has 0 aliphatic carbocycles. The second-order valence-electron chi connectivity index (χ2n) is 4.91. The second kappa shape index (κ2) is 9.20. The van der Waals surface area contributed by atoms with Crippen LogP contribution in [0.15, 0.2) is 24.3 Å². The van der Waals surface area contributed by atoms with Gasteiger partial charge in [-0.2, -0.15) is 5.26 Å². The van der Waals surface area contributed by atoms with Crippen molar-refractivity contribution in [2.24, 2.45) is 0 Å². The monoisotopic (exact) mass is 317 g/mol. The normalized spacial score (nSPS) is 11.0. The molecule has 2 N–H and O–H groups in total. The Labute approximate surface area is 134 Å². The summed E-state index contributed by atoms with van der Waals surface area (Å²) in [6.07, 6.45) is 0.549. The molecule has 1 atom stereocenters. The van der Waals surface area contributed by atoms with E-state index in [4.69, 9.17) is 10.00 Å². The van der Waals surface area contributed by atoms with E-state index in [1.807, 2.05) is 13.8 Å². The molecule has 0 bridgehead atoms. The predicted octanol–water partition coefficient (Wildman–Crippen LogP) is 1.61. The van der Waals surface area contributed by atoms with Gasteiger partial charge in [-0.05, 0) is 37.6 Å². The van der Waals surface area contributed by atoms with E-state index in [1.165, 1.54) is 24.3 Å². The highest BCUT2D eigenvalue weighted by Crippen LogP contribution is 2.11. The highest BCUT2D eigenvalue weighted by molar-refractivity contribution is 5.94. The van der Waals surface area contributed by atoms with Crippen molar-refractivity contribution in [1.82, 2.24) is 5.32 Å². The number of rotatable bonds is 7. The molecule has 7 heteroatoms. The largest absolute Gasteiger partial charge is 0.452 e. The number of nitriles is 1. The molecule has 0 heterocycles. The van der Waals surface area contributed by atoms with Crippen LogP contribution < -0.4 is 10.6 Å². The number of anilines is 1. The average Bonchev–Trinajstić information content (AvgIpc) is 2.53. The van der Waals surface area contributed by atoms with Crippen LogP contribution in [0.25, 0.3) is 0 Å². The first-order chi connectivity index (χ1) is 11.0. The quantitative estimate of drug-likeness (QED) is 0.743. The molecule has 0 saturated carbocycles. The molecular weight excluding hydrogens is 298 g/mol. The lowest BCUT2D eigenvalue weighted by Crippen LogP contribution is -2.35. The Morgan fingerprint density at radius 3 is 2.43 bits per heavy atom. The van der Waals surface area contributed by atoms with E-state index in [0.717, 1.165) is 6.42 Å². The fraction of sp³-hybridized carbons (Fsp3) is 0.375. The summed E-state index contributed by atoms with van der Waals surface area (Å²) in [6, 6.07) is 7.74. The minimum absolute atomic E-state index is 0.0255. The molecule has 0 fully saturated rings. The molecule has 1 aromatic carbocycles. The third-order valence-corrected chi connectivity index (χ3v) is 3.00. The van der Waals surface area contributed by atoms with E-state index in [2.05, 4.69) is 10.6 Å². The molecule has 0 aromatic heterocycles. The standard InChI is InChI=1S/C16H19N3O4/c1-3-11(2)18-15(21)10-23-16(22)12-4-6-13(7-5-12)19-14(20)8-9-17/h4-7,11H,3,8,10H2,1-2H3,(H,18,21)(H,19,20)/t11-/m1/s1. The van der Waals surface area contributed by atoms with E-state index in [-0.39, 0.29) is 30.5 Å². The molecule has 23 heavy (non-hydrogen) atoms. The van der Waals surface area contributed by atoms with Gasteiger partial charge in [-0.15, -0.1) is 0 Å². The van der Waals surface area contributed by atoms with Gasteiger partial charge in [0.2, 0.25) is 5.91 Å². The number of benzene rings is 1. The van der Waals surface area contributed by atoms with Crippen LogP contribution >= 0.6 is 0 Å². The maximum absolute atomic E-state index is 11.8. The lowest BCUT2D eigenvalue weighted by atomic mass is 10.2. The van der Waals surface area contributed by atoms with Gasteiger partial charge in [0.25, 0.3) is 5.91 Å². The summed E-state index contributed by atoms with van der Waals surface area (Å²) in [6.45, 7) is 3.46. The van der Waals surface area contributed by atoms with Gasteiger partial charge in [-0.3, -0.25) is 9.59 Å². The van der Waals surface area contributed by atoms with Crippen LogP contribution in [0.3, 0.4) is 0 Å². The van der Waals surface area contributed by atoms with Crippen molar-refractivity contribution in [3.05, 3.63) is 29.8 Å². The van der Waals surface area contributed by atoms with Gasteiger partial charge in [0.05, 0.1) is 11.6 Å². The second-order valence-corrected chi connectivity index (χ2v) is 4.91. The molecule has 0 saturated heterocycles. The Morgan fingerprint density at radius 1 is 1.22 bits per heavy atom. The number of esters is 1. The van der Waals surface area contributed by atoms with Gasteiger partial charge < -0.3 is 15.4 Å². The summed E-state index contributed by atoms with van der Waals surface area (Å²) in [5, 5.41) is 13.6. The average molecular weight is 317 g/mol. The third kappa shape index (κ3) is 6.61. The molecular formula is C16H19N3O4. The number of amides is 2. The van der Waals surface area contributed by atoms with Crippen molar-refractivity contribution < 1.29 is 19.1 Å². The van der Waals surface area contributed by atoms with Gasteiger partial charge >= 0.3 is 5.97 Å². The Bertz CT molecular complexity index is 605. The maximum Gasteiger partial charge on any atom is 0.338 e. The molecule has 1 rings (SSSR count). The van der Waals surface area contributed by atoms with Gasteiger partial charge in [-0.1, -0.05) is 6.92 Å². The number of carbonyl (C=O) groups is 3. The molecule has 0 radical (unpaired) electrons. The zero-order chi connectivity index (χ0) is 17.2. The highest BCUT2D eigenvalue weighted by Gasteiger charge is 2.11. The first-order valence-corrected chi connectivity index (χ1v) is 7.19. The maximum atomic E-state index is 11.8. The summed E-state index contributed by atoms with van der Waals surface area (Å²) in [4.78, 5) is 34.6. The molecule has 1 aromatic rings. The molecule has 0 aliphatic rings. The van der Waals surface area contributed by atoms with Crippen LogP contribution in [0.1, 0.15) is 37.0 Å². The van der Waals surface area contributed by atoms with E-state index in [0.29, 0.717) is 5.69 Å². The van der Waals surface area contributed by atoms with Crippen molar-refractivity contribution in [2.45, 2.75) is 32.7 Å². The summed E-state index contributed by atoms with van der Waals surface area (Å²) in [5.41, 5.74) is 0.732. The van der Waals surface area contributed by atoms with Crippen LogP contribution in [0.5, 0.6) is 0 Å². The Balaban J connectivity index is 2.50. The van der Waals surface area contributed by atoms with E-state index < -0.39 is 11.9 Å². The van der Waals surface area contributed by atoms with E-state index in [9.17, 15) is 14.4 Å². The van der Waals surface area contributed by atoms with Crippen molar-refractivity contribution in [3.8, 4) is 6.07 Å². The van der Waals surface area contributed by atoms with Crippen molar-refractivity contribution in [1.29, 1.82) is 5.26 Å². The Morgan fingerprint density at radius 2 is 1.87 bits per heavy atom. The van der Waals surface area contributed by atoms with Gasteiger partial charge in [0.1, 0.15) is 6.42 Å². The Hall–Kier alpha value is -2.88. The smallest absolute Gasteiger partial charge is 0.338 e. The highest BCUT2D eigenvalue weighted by atomic mass is 16.5. The van der Waals surface area contributed by atoms with Crippen LogP contribution in [0.2, 0.25) is 0 Å². The fourth-order valence-electron chi connectivity index (χ4n) is 1.60. The van der Waals surface area contributed by atoms with Gasteiger partial charge in [0.15, 0.2) is 6.61 Å². The number of hydrogen-bond acceptors (Lipinski definition) is 5. The van der Waals surface area contributed by atoms with Crippen molar-refractivity contribution >= 4 is 23.5 Å². The molecule has 0 aliphatic heterocycles. The van der Waals surface area contributed by atoms with Gasteiger partial charge in [0, 0.05) is 11.7 Å². The van der Waals surface area contributed by atoms with Crippen molar-refractivity contribution in [2.75, 3.05) is 11.9 Å². The zero-order valence-corrected chi connectivity index (χ0v) is 13.1. The number of hydrogen-bond donors (Lipinski definition) is 2. The van der Waals surface area contributed by atoms with Crippen LogP contribution in [0.4, 0.5) is 5.69 Å². The fourth-order valence-corrected chi connectivity index (χ4v) is 1.60. The lowest BCUT2D eigenvalue weighted by Gasteiger charge is -2.11. The van der Waals surface area contributed by atoms with E-state index >= 15 is 0 Å². The molecule has 122 valence electrons.